The lowest BCUT2D eigenvalue weighted by Gasteiger charge is -2.24. The minimum Gasteiger partial charge on any atom is -0.480 e. The van der Waals surface area contributed by atoms with Gasteiger partial charge in [-0.1, -0.05) is 6.92 Å². The third-order valence-corrected chi connectivity index (χ3v) is 3.78. The average Bonchev–Trinajstić information content (AvgIpc) is 2.73. The predicted octanol–water partition coefficient (Wildman–Crippen LogP) is 0.0625. The summed E-state index contributed by atoms with van der Waals surface area (Å²) in [4.78, 5) is 22.5. The van der Waals surface area contributed by atoms with Crippen LogP contribution in [0, 0.1) is 0 Å². The molecular weight excluding hydrogens is 228 g/mol. The van der Waals surface area contributed by atoms with E-state index >= 15 is 0 Å². The SMILES string of the molecule is CCCNC(=O)CNC1(C(=O)O)CCSC1. The van der Waals surface area contributed by atoms with Crippen LogP contribution in [0.25, 0.3) is 0 Å². The highest BCUT2D eigenvalue weighted by Crippen LogP contribution is 2.27. The van der Waals surface area contributed by atoms with Crippen molar-refractivity contribution in [3.05, 3.63) is 0 Å². The van der Waals surface area contributed by atoms with Crippen LogP contribution in [-0.4, -0.2) is 47.1 Å². The average molecular weight is 246 g/mol. The highest BCUT2D eigenvalue weighted by Gasteiger charge is 2.41. The molecule has 1 aliphatic rings. The summed E-state index contributed by atoms with van der Waals surface area (Å²) < 4.78 is 0. The van der Waals surface area contributed by atoms with Crippen molar-refractivity contribution in [1.29, 1.82) is 0 Å². The maximum atomic E-state index is 11.4. The highest BCUT2D eigenvalue weighted by atomic mass is 32.2. The lowest BCUT2D eigenvalue weighted by Crippen LogP contribution is -2.55. The molecule has 1 fully saturated rings. The molecule has 0 aliphatic carbocycles. The molecule has 0 bridgehead atoms. The normalized spacial score (nSPS) is 24.3. The summed E-state index contributed by atoms with van der Waals surface area (Å²) in [5.74, 6) is 0.361. The molecule has 1 rings (SSSR count). The lowest BCUT2D eigenvalue weighted by molar-refractivity contribution is -0.143. The first-order valence-electron chi connectivity index (χ1n) is 5.43. The second-order valence-electron chi connectivity index (χ2n) is 3.89. The Morgan fingerprint density at radius 2 is 2.25 bits per heavy atom. The van der Waals surface area contributed by atoms with Crippen LogP contribution < -0.4 is 10.6 Å². The van der Waals surface area contributed by atoms with Crippen LogP contribution in [0.3, 0.4) is 0 Å². The molecule has 92 valence electrons. The molecule has 1 heterocycles. The van der Waals surface area contributed by atoms with E-state index in [-0.39, 0.29) is 12.5 Å². The van der Waals surface area contributed by atoms with E-state index in [1.807, 2.05) is 6.92 Å². The van der Waals surface area contributed by atoms with E-state index < -0.39 is 11.5 Å². The Morgan fingerprint density at radius 1 is 1.50 bits per heavy atom. The van der Waals surface area contributed by atoms with Crippen molar-refractivity contribution >= 4 is 23.6 Å². The number of carbonyl (C=O) groups excluding carboxylic acids is 1. The molecule has 5 nitrogen and oxygen atoms in total. The number of carboxylic acid groups (broad SMARTS) is 1. The summed E-state index contributed by atoms with van der Waals surface area (Å²) in [6.07, 6.45) is 1.46. The zero-order valence-electron chi connectivity index (χ0n) is 9.41. The van der Waals surface area contributed by atoms with Crippen LogP contribution in [-0.2, 0) is 9.59 Å². The molecule has 0 aromatic rings. The molecular formula is C10H18N2O3S. The molecule has 0 aromatic carbocycles. The van der Waals surface area contributed by atoms with Crippen LogP contribution in [0.15, 0.2) is 0 Å². The zero-order chi connectivity index (χ0) is 12.0. The summed E-state index contributed by atoms with van der Waals surface area (Å²) in [6, 6.07) is 0. The van der Waals surface area contributed by atoms with Crippen molar-refractivity contribution in [3.63, 3.8) is 0 Å². The van der Waals surface area contributed by atoms with Crippen molar-refractivity contribution in [2.24, 2.45) is 0 Å². The van der Waals surface area contributed by atoms with Crippen LogP contribution in [0.4, 0.5) is 0 Å². The van der Waals surface area contributed by atoms with E-state index in [0.29, 0.717) is 18.7 Å². The number of amides is 1. The first-order chi connectivity index (χ1) is 7.60. The van der Waals surface area contributed by atoms with E-state index in [1.54, 1.807) is 11.8 Å². The summed E-state index contributed by atoms with van der Waals surface area (Å²) in [6.45, 7) is 2.68. The Balaban J connectivity index is 2.39. The summed E-state index contributed by atoms with van der Waals surface area (Å²) in [5.41, 5.74) is -0.909. The molecule has 0 spiro atoms. The van der Waals surface area contributed by atoms with Gasteiger partial charge in [0.2, 0.25) is 5.91 Å². The molecule has 1 saturated heterocycles. The van der Waals surface area contributed by atoms with Gasteiger partial charge in [0.15, 0.2) is 0 Å². The summed E-state index contributed by atoms with van der Waals surface area (Å²) in [7, 11) is 0. The van der Waals surface area contributed by atoms with Crippen LogP contribution in [0.2, 0.25) is 0 Å². The molecule has 0 radical (unpaired) electrons. The summed E-state index contributed by atoms with van der Waals surface area (Å²) in [5, 5.41) is 14.7. The predicted molar refractivity (Wildman–Crippen MR) is 63.6 cm³/mol. The van der Waals surface area contributed by atoms with Gasteiger partial charge in [-0.15, -0.1) is 0 Å². The van der Waals surface area contributed by atoms with Gasteiger partial charge in [0.25, 0.3) is 0 Å². The monoisotopic (exact) mass is 246 g/mol. The van der Waals surface area contributed by atoms with Crippen molar-refractivity contribution in [2.75, 3.05) is 24.6 Å². The van der Waals surface area contributed by atoms with E-state index in [1.165, 1.54) is 0 Å². The minimum atomic E-state index is -0.909. The second-order valence-corrected chi connectivity index (χ2v) is 5.00. The van der Waals surface area contributed by atoms with Gasteiger partial charge in [-0.2, -0.15) is 11.8 Å². The molecule has 3 N–H and O–H groups in total. The number of thioether (sulfide) groups is 1. The fourth-order valence-electron chi connectivity index (χ4n) is 1.53. The molecule has 1 unspecified atom stereocenters. The molecule has 0 saturated carbocycles. The second kappa shape index (κ2) is 6.10. The zero-order valence-corrected chi connectivity index (χ0v) is 10.2. The standard InChI is InChI=1S/C10H18N2O3S/c1-2-4-11-8(13)6-12-10(9(14)15)3-5-16-7-10/h12H,2-7H2,1H3,(H,11,13)(H,14,15). The third kappa shape index (κ3) is 3.38. The Kier molecular flexibility index (Phi) is 5.08. The maximum absolute atomic E-state index is 11.4. The van der Waals surface area contributed by atoms with Gasteiger partial charge in [-0.25, -0.2) is 0 Å². The fourth-order valence-corrected chi connectivity index (χ4v) is 2.88. The topological polar surface area (TPSA) is 78.4 Å². The summed E-state index contributed by atoms with van der Waals surface area (Å²) >= 11 is 1.60. The minimum absolute atomic E-state index is 0.0762. The lowest BCUT2D eigenvalue weighted by atomic mass is 9.99. The first kappa shape index (κ1) is 13.3. The van der Waals surface area contributed by atoms with Crippen molar-refractivity contribution in [1.82, 2.24) is 10.6 Å². The Labute approximate surface area is 99.4 Å². The van der Waals surface area contributed by atoms with E-state index in [2.05, 4.69) is 10.6 Å². The largest absolute Gasteiger partial charge is 0.480 e. The van der Waals surface area contributed by atoms with Crippen LogP contribution in [0.1, 0.15) is 19.8 Å². The fraction of sp³-hybridized carbons (Fsp3) is 0.800. The third-order valence-electron chi connectivity index (χ3n) is 2.59. The molecule has 1 aliphatic heterocycles. The quantitative estimate of drug-likeness (QED) is 0.618. The number of nitrogens with one attached hydrogen (secondary N) is 2. The van der Waals surface area contributed by atoms with Gasteiger partial charge in [0.1, 0.15) is 5.54 Å². The van der Waals surface area contributed by atoms with Gasteiger partial charge in [0.05, 0.1) is 6.54 Å². The van der Waals surface area contributed by atoms with E-state index in [4.69, 9.17) is 5.11 Å². The maximum Gasteiger partial charge on any atom is 0.324 e. The Hall–Kier alpha value is -0.750. The van der Waals surface area contributed by atoms with Crippen molar-refractivity contribution < 1.29 is 14.7 Å². The van der Waals surface area contributed by atoms with E-state index in [0.717, 1.165) is 12.2 Å². The van der Waals surface area contributed by atoms with Crippen molar-refractivity contribution in [3.8, 4) is 0 Å². The number of rotatable bonds is 6. The van der Waals surface area contributed by atoms with Gasteiger partial charge >= 0.3 is 5.97 Å². The van der Waals surface area contributed by atoms with Crippen LogP contribution in [0.5, 0.6) is 0 Å². The van der Waals surface area contributed by atoms with Gasteiger partial charge in [-0.3, -0.25) is 14.9 Å². The number of hydrogen-bond acceptors (Lipinski definition) is 4. The smallest absolute Gasteiger partial charge is 0.324 e. The molecule has 1 amide bonds. The molecule has 1 atom stereocenters. The number of aliphatic carboxylic acids is 1. The first-order valence-corrected chi connectivity index (χ1v) is 6.59. The molecule has 6 heteroatoms. The highest BCUT2D eigenvalue weighted by molar-refractivity contribution is 7.99. The Bertz CT molecular complexity index is 265. The van der Waals surface area contributed by atoms with Gasteiger partial charge in [0, 0.05) is 12.3 Å². The van der Waals surface area contributed by atoms with Gasteiger partial charge in [-0.05, 0) is 18.6 Å². The molecule has 0 aromatic heterocycles. The van der Waals surface area contributed by atoms with Gasteiger partial charge < -0.3 is 10.4 Å². The van der Waals surface area contributed by atoms with Crippen molar-refractivity contribution in [2.45, 2.75) is 25.3 Å². The number of carboxylic acids is 1. The van der Waals surface area contributed by atoms with Crippen LogP contribution >= 0.6 is 11.8 Å². The van der Waals surface area contributed by atoms with E-state index in [9.17, 15) is 9.59 Å². The molecule has 16 heavy (non-hydrogen) atoms. The number of hydrogen-bond donors (Lipinski definition) is 3. The number of carbonyl (C=O) groups is 2. The Morgan fingerprint density at radius 3 is 2.75 bits per heavy atom.